The number of aliphatic hydroxyl groups excluding tert-OH is 1. The summed E-state index contributed by atoms with van der Waals surface area (Å²) in [6.45, 7) is 6.96. The lowest BCUT2D eigenvalue weighted by atomic mass is 9.95. The van der Waals surface area contributed by atoms with Crippen molar-refractivity contribution in [3.8, 4) is 0 Å². The Bertz CT molecular complexity index is 510. The monoisotopic (exact) mass is 300 g/mol. The summed E-state index contributed by atoms with van der Waals surface area (Å²) in [5.74, 6) is 0. The van der Waals surface area contributed by atoms with Gasteiger partial charge in [-0.25, -0.2) is 13.1 Å². The topological polar surface area (TPSA) is 78.4 Å². The van der Waals surface area contributed by atoms with Gasteiger partial charge in [-0.2, -0.15) is 0 Å². The number of sulfonamides is 1. The smallest absolute Gasteiger partial charge is 0.240 e. The van der Waals surface area contributed by atoms with Crippen LogP contribution in [-0.4, -0.2) is 33.2 Å². The number of hydrogen-bond donors (Lipinski definition) is 3. The molecule has 0 aliphatic heterocycles. The molecule has 3 N–H and O–H groups in total. The first-order chi connectivity index (χ1) is 9.30. The van der Waals surface area contributed by atoms with Crippen molar-refractivity contribution in [1.29, 1.82) is 0 Å². The summed E-state index contributed by atoms with van der Waals surface area (Å²) in [5, 5.41) is 12.4. The van der Waals surface area contributed by atoms with E-state index in [0.717, 1.165) is 12.1 Å². The summed E-state index contributed by atoms with van der Waals surface area (Å²) in [7, 11) is -3.40. The van der Waals surface area contributed by atoms with Crippen molar-refractivity contribution in [1.82, 2.24) is 4.72 Å². The molecule has 5 nitrogen and oxygen atoms in total. The van der Waals surface area contributed by atoms with Gasteiger partial charge in [0.15, 0.2) is 0 Å². The van der Waals surface area contributed by atoms with Crippen molar-refractivity contribution < 1.29 is 13.5 Å². The summed E-state index contributed by atoms with van der Waals surface area (Å²) in [6, 6.07) is 6.61. The number of hydrogen-bond acceptors (Lipinski definition) is 4. The zero-order valence-corrected chi connectivity index (χ0v) is 13.1. The average Bonchev–Trinajstić information content (AvgIpc) is 2.43. The van der Waals surface area contributed by atoms with Crippen molar-refractivity contribution in [2.75, 3.05) is 25.0 Å². The van der Waals surface area contributed by atoms with E-state index >= 15 is 0 Å². The first kappa shape index (κ1) is 16.9. The first-order valence-corrected chi connectivity index (χ1v) is 8.23. The highest BCUT2D eigenvalue weighted by Gasteiger charge is 2.16. The van der Waals surface area contributed by atoms with Gasteiger partial charge in [0.05, 0.1) is 4.90 Å². The molecule has 1 aromatic rings. The molecule has 0 aliphatic carbocycles. The van der Waals surface area contributed by atoms with Crippen LogP contribution in [0.2, 0.25) is 0 Å². The number of anilines is 1. The predicted octanol–water partition coefficient (Wildman–Crippen LogP) is 1.81. The Hall–Kier alpha value is -1.11. The normalized spacial score (nSPS) is 12.4. The van der Waals surface area contributed by atoms with E-state index in [-0.39, 0.29) is 16.9 Å². The zero-order chi connectivity index (χ0) is 15.2. The van der Waals surface area contributed by atoms with Crippen LogP contribution in [0.25, 0.3) is 0 Å². The summed E-state index contributed by atoms with van der Waals surface area (Å²) in [6.07, 6.45) is 0.759. The van der Waals surface area contributed by atoms with E-state index in [0.29, 0.717) is 13.1 Å². The van der Waals surface area contributed by atoms with Gasteiger partial charge < -0.3 is 10.4 Å². The third kappa shape index (κ3) is 5.11. The van der Waals surface area contributed by atoms with Gasteiger partial charge in [0.1, 0.15) is 0 Å². The fourth-order valence-corrected chi connectivity index (χ4v) is 2.60. The molecule has 6 heteroatoms. The van der Waals surface area contributed by atoms with Crippen LogP contribution in [0.15, 0.2) is 29.2 Å². The Labute approximate surface area is 121 Å². The molecule has 0 spiro atoms. The summed E-state index contributed by atoms with van der Waals surface area (Å²) in [4.78, 5) is 0.262. The van der Waals surface area contributed by atoms with Gasteiger partial charge in [0.2, 0.25) is 10.0 Å². The molecular formula is C14H24N2O3S. The van der Waals surface area contributed by atoms with Gasteiger partial charge in [-0.1, -0.05) is 20.8 Å². The van der Waals surface area contributed by atoms with E-state index in [1.54, 1.807) is 24.3 Å². The van der Waals surface area contributed by atoms with Crippen molar-refractivity contribution in [3.05, 3.63) is 24.3 Å². The van der Waals surface area contributed by atoms with Crippen molar-refractivity contribution in [2.45, 2.75) is 32.1 Å². The van der Waals surface area contributed by atoms with Gasteiger partial charge in [-0.15, -0.1) is 0 Å². The van der Waals surface area contributed by atoms with Crippen LogP contribution in [0.3, 0.4) is 0 Å². The molecule has 0 aliphatic rings. The van der Waals surface area contributed by atoms with Gasteiger partial charge in [-0.05, 0) is 30.7 Å². The Balaban J connectivity index is 2.69. The lowest BCUT2D eigenvalue weighted by Gasteiger charge is -2.22. The van der Waals surface area contributed by atoms with Gasteiger partial charge >= 0.3 is 0 Å². The molecule has 1 rings (SSSR count). The minimum Gasteiger partial charge on any atom is -0.396 e. The van der Waals surface area contributed by atoms with E-state index in [2.05, 4.69) is 10.0 Å². The Morgan fingerprint density at radius 2 is 1.80 bits per heavy atom. The quantitative estimate of drug-likeness (QED) is 0.684. The van der Waals surface area contributed by atoms with E-state index in [1.807, 2.05) is 20.8 Å². The zero-order valence-electron chi connectivity index (χ0n) is 12.3. The molecule has 0 aromatic heterocycles. The molecule has 20 heavy (non-hydrogen) atoms. The Morgan fingerprint density at radius 3 is 2.30 bits per heavy atom. The molecule has 0 atom stereocenters. The van der Waals surface area contributed by atoms with Crippen LogP contribution in [0.4, 0.5) is 5.69 Å². The van der Waals surface area contributed by atoms with Crippen LogP contribution < -0.4 is 10.0 Å². The van der Waals surface area contributed by atoms with E-state index < -0.39 is 10.0 Å². The Morgan fingerprint density at radius 1 is 1.20 bits per heavy atom. The molecule has 0 radical (unpaired) electrons. The third-order valence-electron chi connectivity index (χ3n) is 2.91. The van der Waals surface area contributed by atoms with Crippen LogP contribution in [0.5, 0.6) is 0 Å². The molecule has 114 valence electrons. The van der Waals surface area contributed by atoms with Crippen LogP contribution in [0, 0.1) is 5.41 Å². The van der Waals surface area contributed by atoms with Gasteiger partial charge in [0, 0.05) is 30.8 Å². The average molecular weight is 300 g/mol. The van der Waals surface area contributed by atoms with Crippen molar-refractivity contribution in [2.24, 2.45) is 5.41 Å². The van der Waals surface area contributed by atoms with E-state index in [1.165, 1.54) is 0 Å². The van der Waals surface area contributed by atoms with E-state index in [4.69, 9.17) is 0 Å². The second kappa shape index (κ2) is 7.06. The molecule has 0 heterocycles. The number of aliphatic hydroxyl groups is 1. The summed E-state index contributed by atoms with van der Waals surface area (Å²) in [5.41, 5.74) is 0.619. The maximum absolute atomic E-state index is 11.9. The highest BCUT2D eigenvalue weighted by Crippen LogP contribution is 2.18. The van der Waals surface area contributed by atoms with Crippen molar-refractivity contribution >= 4 is 15.7 Å². The maximum Gasteiger partial charge on any atom is 0.240 e. The van der Waals surface area contributed by atoms with Crippen molar-refractivity contribution in [3.63, 3.8) is 0 Å². The highest BCUT2D eigenvalue weighted by atomic mass is 32.2. The maximum atomic E-state index is 11.9. The summed E-state index contributed by atoms with van der Waals surface area (Å²) < 4.78 is 26.3. The Kier molecular flexibility index (Phi) is 5.98. The van der Waals surface area contributed by atoms with Gasteiger partial charge in [-0.3, -0.25) is 0 Å². The number of rotatable bonds is 8. The largest absolute Gasteiger partial charge is 0.396 e. The number of nitrogens with one attached hydrogen (secondary N) is 2. The fraction of sp³-hybridized carbons (Fsp3) is 0.571. The molecule has 0 fully saturated rings. The lowest BCUT2D eigenvalue weighted by molar-refractivity contribution is 0.171. The first-order valence-electron chi connectivity index (χ1n) is 6.75. The SMILES string of the molecule is CCCNS(=O)(=O)c1ccc(NCC(C)(C)CO)cc1. The van der Waals surface area contributed by atoms with E-state index in [9.17, 15) is 13.5 Å². The molecule has 0 amide bonds. The molecular weight excluding hydrogens is 276 g/mol. The number of benzene rings is 1. The summed E-state index contributed by atoms with van der Waals surface area (Å²) >= 11 is 0. The molecule has 0 saturated carbocycles. The molecule has 0 bridgehead atoms. The van der Waals surface area contributed by atoms with Crippen LogP contribution in [-0.2, 0) is 10.0 Å². The predicted molar refractivity (Wildman–Crippen MR) is 81.3 cm³/mol. The standard InChI is InChI=1S/C14H24N2O3S/c1-4-9-16-20(18,19)13-7-5-12(6-8-13)15-10-14(2,3)11-17/h5-8,15-17H,4,9-11H2,1-3H3. The van der Waals surface area contributed by atoms with Gasteiger partial charge in [0.25, 0.3) is 0 Å². The second-order valence-corrected chi connectivity index (χ2v) is 7.36. The highest BCUT2D eigenvalue weighted by molar-refractivity contribution is 7.89. The molecule has 1 aromatic carbocycles. The lowest BCUT2D eigenvalue weighted by Crippen LogP contribution is -2.27. The molecule has 0 saturated heterocycles. The minimum atomic E-state index is -3.40. The third-order valence-corrected chi connectivity index (χ3v) is 4.38. The fourth-order valence-electron chi connectivity index (χ4n) is 1.47. The molecule has 0 unspecified atom stereocenters. The second-order valence-electron chi connectivity index (χ2n) is 5.60. The minimum absolute atomic E-state index is 0.0907. The van der Waals surface area contributed by atoms with Crippen LogP contribution in [0.1, 0.15) is 27.2 Å². The van der Waals surface area contributed by atoms with Crippen LogP contribution >= 0.6 is 0 Å².